The minimum absolute atomic E-state index is 0.0234. The summed E-state index contributed by atoms with van der Waals surface area (Å²) in [5.74, 6) is 1.27. The second-order valence-corrected chi connectivity index (χ2v) is 7.88. The highest BCUT2D eigenvalue weighted by atomic mass is 32.2. The second-order valence-electron chi connectivity index (χ2n) is 6.89. The predicted octanol–water partition coefficient (Wildman–Crippen LogP) is 4.20. The van der Waals surface area contributed by atoms with E-state index in [1.54, 1.807) is 6.33 Å². The Hall–Kier alpha value is -2.08. The minimum Gasteiger partial charge on any atom is -0.354 e. The van der Waals surface area contributed by atoms with Crippen molar-refractivity contribution in [3.63, 3.8) is 0 Å². The van der Waals surface area contributed by atoms with Gasteiger partial charge in [-0.3, -0.25) is 4.79 Å². The number of carbonyl (C=O) groups is 1. The standard InChI is InChI=1S/C20H26N4OS/c1-14-7-8-17(10-15(14)2)23-19(25)12-26-20-11-18(21-13-22-20)24-9-5-4-6-16(24)3/h7-8,10-11,13,16H,4-6,9,12H2,1-3H3,(H,23,25). The largest absolute Gasteiger partial charge is 0.354 e. The maximum absolute atomic E-state index is 12.2. The second kappa shape index (κ2) is 8.54. The first kappa shape index (κ1) is 18.7. The zero-order valence-corrected chi connectivity index (χ0v) is 16.5. The topological polar surface area (TPSA) is 58.1 Å². The molecule has 1 atom stereocenters. The monoisotopic (exact) mass is 370 g/mol. The number of amides is 1. The molecule has 1 amide bonds. The first-order valence-corrected chi connectivity index (χ1v) is 10.1. The number of aryl methyl sites for hydroxylation is 2. The van der Waals surface area contributed by atoms with Crippen molar-refractivity contribution in [2.24, 2.45) is 0 Å². The summed E-state index contributed by atoms with van der Waals surface area (Å²) in [6, 6.07) is 8.46. The van der Waals surface area contributed by atoms with Crippen molar-refractivity contribution in [3.05, 3.63) is 41.7 Å². The molecule has 3 rings (SSSR count). The summed E-state index contributed by atoms with van der Waals surface area (Å²) in [6.07, 6.45) is 5.28. The number of benzene rings is 1. The van der Waals surface area contributed by atoms with Gasteiger partial charge in [-0.05, 0) is 63.3 Å². The molecule has 0 saturated carbocycles. The number of hydrogen-bond acceptors (Lipinski definition) is 5. The lowest BCUT2D eigenvalue weighted by Gasteiger charge is -2.34. The van der Waals surface area contributed by atoms with E-state index in [1.165, 1.54) is 42.2 Å². The van der Waals surface area contributed by atoms with Crippen LogP contribution in [0.25, 0.3) is 0 Å². The van der Waals surface area contributed by atoms with Crippen molar-refractivity contribution in [2.75, 3.05) is 22.5 Å². The van der Waals surface area contributed by atoms with Gasteiger partial charge in [0.05, 0.1) is 5.75 Å². The van der Waals surface area contributed by atoms with Crippen LogP contribution in [0.3, 0.4) is 0 Å². The highest BCUT2D eigenvalue weighted by Gasteiger charge is 2.20. The van der Waals surface area contributed by atoms with Gasteiger partial charge in [0.1, 0.15) is 17.2 Å². The van der Waals surface area contributed by atoms with Crippen molar-refractivity contribution >= 4 is 29.2 Å². The number of anilines is 2. The number of aromatic nitrogens is 2. The molecule has 5 nitrogen and oxygen atoms in total. The fraction of sp³-hybridized carbons (Fsp3) is 0.450. The van der Waals surface area contributed by atoms with Crippen LogP contribution in [0.1, 0.15) is 37.3 Å². The molecular weight excluding hydrogens is 344 g/mol. The van der Waals surface area contributed by atoms with Crippen LogP contribution in [0.15, 0.2) is 35.6 Å². The fourth-order valence-corrected chi connectivity index (χ4v) is 3.82. The molecule has 138 valence electrons. The molecule has 1 unspecified atom stereocenters. The molecule has 1 aromatic carbocycles. The number of piperidine rings is 1. The quantitative estimate of drug-likeness (QED) is 0.631. The van der Waals surface area contributed by atoms with Gasteiger partial charge in [-0.2, -0.15) is 0 Å². The molecule has 2 aromatic rings. The SMILES string of the molecule is Cc1ccc(NC(=O)CSc2cc(N3CCCCC3C)ncn2)cc1C. The van der Waals surface area contributed by atoms with Crippen LogP contribution in [0.5, 0.6) is 0 Å². The lowest BCUT2D eigenvalue weighted by atomic mass is 10.0. The molecule has 2 heterocycles. The van der Waals surface area contributed by atoms with Gasteiger partial charge < -0.3 is 10.2 Å². The van der Waals surface area contributed by atoms with Gasteiger partial charge in [-0.1, -0.05) is 17.8 Å². The normalized spacial score (nSPS) is 17.2. The number of rotatable bonds is 5. The summed E-state index contributed by atoms with van der Waals surface area (Å²) in [5.41, 5.74) is 3.23. The number of carbonyl (C=O) groups excluding carboxylic acids is 1. The summed E-state index contributed by atoms with van der Waals surface area (Å²) in [5, 5.41) is 3.79. The Morgan fingerprint density at radius 2 is 2.08 bits per heavy atom. The van der Waals surface area contributed by atoms with Crippen LogP contribution in [0.4, 0.5) is 11.5 Å². The zero-order valence-electron chi connectivity index (χ0n) is 15.7. The van der Waals surface area contributed by atoms with Crippen LogP contribution in [0, 0.1) is 13.8 Å². The van der Waals surface area contributed by atoms with E-state index in [-0.39, 0.29) is 5.91 Å². The molecule has 1 fully saturated rings. The van der Waals surface area contributed by atoms with E-state index >= 15 is 0 Å². The third-order valence-electron chi connectivity index (χ3n) is 4.87. The van der Waals surface area contributed by atoms with Crippen LogP contribution >= 0.6 is 11.8 Å². The first-order valence-electron chi connectivity index (χ1n) is 9.11. The molecule has 1 saturated heterocycles. The summed E-state index contributed by atoms with van der Waals surface area (Å²) < 4.78 is 0. The van der Waals surface area contributed by atoms with Crippen LogP contribution < -0.4 is 10.2 Å². The molecule has 0 spiro atoms. The van der Waals surface area contributed by atoms with Crippen molar-refractivity contribution in [3.8, 4) is 0 Å². The highest BCUT2D eigenvalue weighted by Crippen LogP contribution is 2.25. The zero-order chi connectivity index (χ0) is 18.5. The Labute approximate surface area is 159 Å². The molecule has 1 N–H and O–H groups in total. The van der Waals surface area contributed by atoms with E-state index in [0.29, 0.717) is 11.8 Å². The highest BCUT2D eigenvalue weighted by molar-refractivity contribution is 7.99. The Morgan fingerprint density at radius 1 is 1.23 bits per heavy atom. The van der Waals surface area contributed by atoms with Crippen LogP contribution in [0.2, 0.25) is 0 Å². The molecule has 1 aliphatic rings. The average Bonchev–Trinajstić information content (AvgIpc) is 2.64. The lowest BCUT2D eigenvalue weighted by Crippen LogP contribution is -2.38. The average molecular weight is 371 g/mol. The Bertz CT molecular complexity index is 780. The molecule has 0 radical (unpaired) electrons. The summed E-state index contributed by atoms with van der Waals surface area (Å²) in [6.45, 7) is 7.39. The summed E-state index contributed by atoms with van der Waals surface area (Å²) in [7, 11) is 0. The van der Waals surface area contributed by atoms with Gasteiger partial charge in [0.15, 0.2) is 0 Å². The molecular formula is C20H26N4OS. The Morgan fingerprint density at radius 3 is 2.85 bits per heavy atom. The number of thioether (sulfide) groups is 1. The van der Waals surface area contributed by atoms with Gasteiger partial charge in [-0.15, -0.1) is 0 Å². The van der Waals surface area contributed by atoms with E-state index in [0.717, 1.165) is 23.1 Å². The molecule has 1 aliphatic heterocycles. The molecule has 0 bridgehead atoms. The third kappa shape index (κ3) is 4.75. The van der Waals surface area contributed by atoms with E-state index in [2.05, 4.69) is 34.0 Å². The molecule has 26 heavy (non-hydrogen) atoms. The summed E-state index contributed by atoms with van der Waals surface area (Å²) in [4.78, 5) is 23.3. The Kier molecular flexibility index (Phi) is 6.14. The fourth-order valence-electron chi connectivity index (χ4n) is 3.16. The van der Waals surface area contributed by atoms with Crippen molar-refractivity contribution in [2.45, 2.75) is 51.1 Å². The minimum atomic E-state index is -0.0234. The maximum Gasteiger partial charge on any atom is 0.234 e. The number of hydrogen-bond donors (Lipinski definition) is 1. The van der Waals surface area contributed by atoms with Crippen LogP contribution in [-0.2, 0) is 4.79 Å². The smallest absolute Gasteiger partial charge is 0.234 e. The maximum atomic E-state index is 12.2. The first-order chi connectivity index (χ1) is 12.5. The van der Waals surface area contributed by atoms with Crippen LogP contribution in [-0.4, -0.2) is 34.2 Å². The van der Waals surface area contributed by atoms with E-state index in [1.807, 2.05) is 31.2 Å². The predicted molar refractivity (Wildman–Crippen MR) is 108 cm³/mol. The third-order valence-corrected chi connectivity index (χ3v) is 5.79. The Balaban J connectivity index is 1.58. The van der Waals surface area contributed by atoms with E-state index < -0.39 is 0 Å². The van der Waals surface area contributed by atoms with Gasteiger partial charge in [0.2, 0.25) is 5.91 Å². The van der Waals surface area contributed by atoms with E-state index in [4.69, 9.17) is 0 Å². The van der Waals surface area contributed by atoms with Gasteiger partial charge >= 0.3 is 0 Å². The number of nitrogens with one attached hydrogen (secondary N) is 1. The lowest BCUT2D eigenvalue weighted by molar-refractivity contribution is -0.113. The van der Waals surface area contributed by atoms with Crippen molar-refractivity contribution in [1.29, 1.82) is 0 Å². The number of nitrogens with zero attached hydrogens (tertiary/aromatic N) is 3. The molecule has 1 aromatic heterocycles. The van der Waals surface area contributed by atoms with Crippen molar-refractivity contribution in [1.82, 2.24) is 9.97 Å². The molecule has 6 heteroatoms. The van der Waals surface area contributed by atoms with E-state index in [9.17, 15) is 4.79 Å². The van der Waals surface area contributed by atoms with Gasteiger partial charge in [-0.25, -0.2) is 9.97 Å². The summed E-state index contributed by atoms with van der Waals surface area (Å²) >= 11 is 1.44. The molecule has 0 aliphatic carbocycles. The van der Waals surface area contributed by atoms with Crippen molar-refractivity contribution < 1.29 is 4.79 Å². The van der Waals surface area contributed by atoms with Gasteiger partial charge in [0.25, 0.3) is 0 Å². The van der Waals surface area contributed by atoms with Gasteiger partial charge in [0, 0.05) is 24.3 Å².